The number of alkyl halides is 3. The van der Waals surface area contributed by atoms with Crippen molar-refractivity contribution in [3.63, 3.8) is 0 Å². The highest BCUT2D eigenvalue weighted by molar-refractivity contribution is 6.32. The zero-order valence-electron chi connectivity index (χ0n) is 10.4. The minimum Gasteiger partial charge on any atom is -0.440 e. The maximum Gasteiger partial charge on any atom is 0.573 e. The second kappa shape index (κ2) is 4.30. The predicted octanol–water partition coefficient (Wildman–Crippen LogP) is 4.68. The van der Waals surface area contributed by atoms with Crippen LogP contribution in [0.1, 0.15) is 26.7 Å². The zero-order chi connectivity index (χ0) is 14.4. The van der Waals surface area contributed by atoms with Crippen LogP contribution in [0.5, 0.6) is 5.75 Å². The van der Waals surface area contributed by atoms with Crippen molar-refractivity contribution in [3.05, 3.63) is 23.0 Å². The van der Waals surface area contributed by atoms with E-state index in [1.54, 1.807) is 0 Å². The Morgan fingerprint density at radius 3 is 2.37 bits per heavy atom. The van der Waals surface area contributed by atoms with Crippen LogP contribution < -0.4 is 4.74 Å². The molecule has 1 aromatic carbocycles. The number of halogens is 4. The van der Waals surface area contributed by atoms with Crippen LogP contribution in [-0.4, -0.2) is 11.3 Å². The topological polar surface area (TPSA) is 35.3 Å². The van der Waals surface area contributed by atoms with Gasteiger partial charge < -0.3 is 9.15 Å². The van der Waals surface area contributed by atoms with Crippen molar-refractivity contribution in [3.8, 4) is 5.75 Å². The molecular weight excluding hydrogens is 283 g/mol. The van der Waals surface area contributed by atoms with Crippen molar-refractivity contribution in [2.75, 3.05) is 0 Å². The summed E-state index contributed by atoms with van der Waals surface area (Å²) in [5.74, 6) is -0.0824. The average molecular weight is 294 g/mol. The third kappa shape index (κ3) is 3.12. The Kier molecular flexibility index (Phi) is 3.16. The highest BCUT2D eigenvalue weighted by Gasteiger charge is 2.32. The van der Waals surface area contributed by atoms with Gasteiger partial charge in [-0.2, -0.15) is 0 Å². The van der Waals surface area contributed by atoms with Crippen LogP contribution >= 0.6 is 11.6 Å². The number of fused-ring (bicyclic) bond motifs is 1. The Hall–Kier alpha value is -1.43. The van der Waals surface area contributed by atoms with Crippen LogP contribution in [0.3, 0.4) is 0 Å². The van der Waals surface area contributed by atoms with Crippen molar-refractivity contribution in [1.29, 1.82) is 0 Å². The van der Waals surface area contributed by atoms with Crippen molar-refractivity contribution in [2.24, 2.45) is 0 Å². The standard InChI is InChI=1S/C12H11ClF3NO2/c1-11(2,3)10-17-7-4-6(13)8(5-9(7)18-10)19-12(14,15)16/h4-5H,1-3H3. The molecule has 0 saturated carbocycles. The Labute approximate surface area is 112 Å². The fourth-order valence-electron chi connectivity index (χ4n) is 1.45. The molecule has 0 radical (unpaired) electrons. The molecule has 0 amide bonds. The van der Waals surface area contributed by atoms with Gasteiger partial charge in [0.25, 0.3) is 0 Å². The van der Waals surface area contributed by atoms with Gasteiger partial charge in [0.05, 0.1) is 5.02 Å². The van der Waals surface area contributed by atoms with Gasteiger partial charge in [0.1, 0.15) is 5.52 Å². The molecule has 0 N–H and O–H groups in total. The molecule has 0 atom stereocenters. The lowest BCUT2D eigenvalue weighted by atomic mass is 9.97. The number of oxazole rings is 1. The summed E-state index contributed by atoms with van der Waals surface area (Å²) in [6, 6.07) is 2.38. The molecular formula is C12H11ClF3NO2. The first-order chi connectivity index (χ1) is 8.56. The van der Waals surface area contributed by atoms with Gasteiger partial charge in [-0.25, -0.2) is 4.98 Å². The normalized spacial score (nSPS) is 13.0. The summed E-state index contributed by atoms with van der Waals surface area (Å²) in [7, 11) is 0. The molecule has 0 fully saturated rings. The van der Waals surface area contributed by atoms with Crippen LogP contribution in [0.25, 0.3) is 11.1 Å². The summed E-state index contributed by atoms with van der Waals surface area (Å²) in [4.78, 5) is 4.19. The number of nitrogens with zero attached hydrogens (tertiary/aromatic N) is 1. The summed E-state index contributed by atoms with van der Waals surface area (Å²) in [5, 5.41) is -0.168. The van der Waals surface area contributed by atoms with Crippen LogP contribution in [0.2, 0.25) is 5.02 Å². The van der Waals surface area contributed by atoms with Crippen molar-refractivity contribution in [2.45, 2.75) is 32.5 Å². The van der Waals surface area contributed by atoms with Crippen LogP contribution in [0.15, 0.2) is 16.5 Å². The second-order valence-electron chi connectivity index (χ2n) is 5.07. The van der Waals surface area contributed by atoms with E-state index >= 15 is 0 Å². The smallest absolute Gasteiger partial charge is 0.440 e. The number of ether oxygens (including phenoxy) is 1. The number of aromatic nitrogens is 1. The molecule has 2 aromatic rings. The number of benzene rings is 1. The number of rotatable bonds is 1. The first kappa shape index (κ1) is 14.0. The van der Waals surface area contributed by atoms with Crippen molar-refractivity contribution >= 4 is 22.7 Å². The van der Waals surface area contributed by atoms with E-state index in [1.165, 1.54) is 6.07 Å². The van der Waals surface area contributed by atoms with E-state index in [1.807, 2.05) is 20.8 Å². The van der Waals surface area contributed by atoms with E-state index in [4.69, 9.17) is 16.0 Å². The van der Waals surface area contributed by atoms with Crippen molar-refractivity contribution in [1.82, 2.24) is 4.98 Å². The summed E-state index contributed by atoms with van der Waals surface area (Å²) in [6.07, 6.45) is -4.80. The minimum absolute atomic E-state index is 0.168. The highest BCUT2D eigenvalue weighted by Crippen LogP contribution is 2.35. The van der Waals surface area contributed by atoms with Gasteiger partial charge >= 0.3 is 6.36 Å². The third-order valence-electron chi connectivity index (χ3n) is 2.31. The van der Waals surface area contributed by atoms with Gasteiger partial charge in [-0.15, -0.1) is 13.2 Å². The van der Waals surface area contributed by atoms with Gasteiger partial charge in [0.15, 0.2) is 11.3 Å². The molecule has 3 nitrogen and oxygen atoms in total. The number of hydrogen-bond acceptors (Lipinski definition) is 3. The van der Waals surface area contributed by atoms with Gasteiger partial charge in [0, 0.05) is 11.5 Å². The third-order valence-corrected chi connectivity index (χ3v) is 2.60. The fraction of sp³-hybridized carbons (Fsp3) is 0.417. The lowest BCUT2D eigenvalue weighted by Crippen LogP contribution is -2.17. The van der Waals surface area contributed by atoms with E-state index < -0.39 is 12.1 Å². The average Bonchev–Trinajstić information content (AvgIpc) is 2.58. The summed E-state index contributed by atoms with van der Waals surface area (Å²) in [5.41, 5.74) is 0.245. The lowest BCUT2D eigenvalue weighted by Gasteiger charge is -2.11. The summed E-state index contributed by atoms with van der Waals surface area (Å²) in [6.45, 7) is 5.64. The fourth-order valence-corrected chi connectivity index (χ4v) is 1.65. The molecule has 1 aromatic heterocycles. The number of hydrogen-bond donors (Lipinski definition) is 0. The van der Waals surface area contributed by atoms with E-state index in [9.17, 15) is 13.2 Å². The Bertz CT molecular complexity index is 614. The van der Waals surface area contributed by atoms with Gasteiger partial charge in [-0.1, -0.05) is 32.4 Å². The van der Waals surface area contributed by atoms with Crippen molar-refractivity contribution < 1.29 is 22.3 Å². The van der Waals surface area contributed by atoms with Gasteiger partial charge in [0.2, 0.25) is 5.89 Å². The SMILES string of the molecule is CC(C)(C)c1nc2cc(Cl)c(OC(F)(F)F)cc2o1. The predicted molar refractivity (Wildman–Crippen MR) is 64.4 cm³/mol. The molecule has 1 heterocycles. The Balaban J connectivity index is 2.50. The zero-order valence-corrected chi connectivity index (χ0v) is 11.2. The first-order valence-corrected chi connectivity index (χ1v) is 5.80. The molecule has 0 unspecified atom stereocenters. The molecule has 19 heavy (non-hydrogen) atoms. The summed E-state index contributed by atoms with van der Waals surface area (Å²) < 4.78 is 45.8. The highest BCUT2D eigenvalue weighted by atomic mass is 35.5. The largest absolute Gasteiger partial charge is 0.573 e. The first-order valence-electron chi connectivity index (χ1n) is 5.42. The Morgan fingerprint density at radius 1 is 1.21 bits per heavy atom. The lowest BCUT2D eigenvalue weighted by molar-refractivity contribution is -0.274. The molecule has 0 spiro atoms. The maximum absolute atomic E-state index is 12.2. The molecule has 7 heteroatoms. The van der Waals surface area contributed by atoms with E-state index in [0.717, 1.165) is 6.07 Å². The van der Waals surface area contributed by atoms with E-state index in [2.05, 4.69) is 9.72 Å². The quantitative estimate of drug-likeness (QED) is 0.766. The molecule has 0 aliphatic carbocycles. The molecule has 104 valence electrons. The minimum atomic E-state index is -4.80. The molecule has 0 aliphatic heterocycles. The van der Waals surface area contributed by atoms with Gasteiger partial charge in [-0.05, 0) is 6.07 Å². The maximum atomic E-state index is 12.2. The monoisotopic (exact) mass is 293 g/mol. The van der Waals surface area contributed by atoms with Crippen LogP contribution in [-0.2, 0) is 5.41 Å². The molecule has 2 rings (SSSR count). The second-order valence-corrected chi connectivity index (χ2v) is 5.47. The summed E-state index contributed by atoms with van der Waals surface area (Å²) >= 11 is 5.73. The molecule has 0 saturated heterocycles. The van der Waals surface area contributed by atoms with E-state index in [-0.39, 0.29) is 16.0 Å². The van der Waals surface area contributed by atoms with E-state index in [0.29, 0.717) is 11.4 Å². The Morgan fingerprint density at radius 2 is 1.84 bits per heavy atom. The van der Waals surface area contributed by atoms with Crippen LogP contribution in [0, 0.1) is 0 Å². The molecule has 0 aliphatic rings. The van der Waals surface area contributed by atoms with Gasteiger partial charge in [-0.3, -0.25) is 0 Å². The molecule has 0 bridgehead atoms. The van der Waals surface area contributed by atoms with Crippen LogP contribution in [0.4, 0.5) is 13.2 Å².